The summed E-state index contributed by atoms with van der Waals surface area (Å²) in [6.07, 6.45) is 3.81. The van der Waals surface area contributed by atoms with Gasteiger partial charge in [0.05, 0.1) is 24.9 Å². The largest absolute Gasteiger partial charge is 0.378 e. The van der Waals surface area contributed by atoms with Crippen molar-refractivity contribution in [3.05, 3.63) is 47.9 Å². The van der Waals surface area contributed by atoms with Crippen molar-refractivity contribution in [1.29, 1.82) is 0 Å². The molecule has 0 radical (unpaired) electrons. The first-order valence-electron chi connectivity index (χ1n) is 8.39. The van der Waals surface area contributed by atoms with Crippen molar-refractivity contribution in [3.63, 3.8) is 0 Å². The van der Waals surface area contributed by atoms with E-state index in [-0.39, 0.29) is 5.91 Å². The van der Waals surface area contributed by atoms with Crippen LogP contribution in [0.3, 0.4) is 0 Å². The highest BCUT2D eigenvalue weighted by molar-refractivity contribution is 6.02. The lowest BCUT2D eigenvalue weighted by molar-refractivity contribution is 0.0303. The van der Waals surface area contributed by atoms with Crippen molar-refractivity contribution in [2.24, 2.45) is 7.05 Å². The van der Waals surface area contributed by atoms with Crippen LogP contribution in [0.1, 0.15) is 16.1 Å². The average molecular weight is 336 g/mol. The van der Waals surface area contributed by atoms with E-state index in [4.69, 9.17) is 4.74 Å². The van der Waals surface area contributed by atoms with Crippen LogP contribution in [0, 0.1) is 6.92 Å². The minimum atomic E-state index is 0.0444. The minimum Gasteiger partial charge on any atom is -0.378 e. The van der Waals surface area contributed by atoms with E-state index in [1.807, 2.05) is 55.5 Å². The van der Waals surface area contributed by atoms with Crippen molar-refractivity contribution in [2.75, 3.05) is 26.3 Å². The first-order valence-corrected chi connectivity index (χ1v) is 8.39. The number of rotatable bonds is 2. The zero-order chi connectivity index (χ0) is 17.4. The van der Waals surface area contributed by atoms with Gasteiger partial charge in [-0.1, -0.05) is 0 Å². The molecule has 1 saturated heterocycles. The molecule has 0 N–H and O–H groups in total. The molecule has 1 fully saturated rings. The fourth-order valence-electron chi connectivity index (χ4n) is 3.24. The van der Waals surface area contributed by atoms with Gasteiger partial charge in [-0.25, -0.2) is 0 Å². The van der Waals surface area contributed by atoms with Crippen LogP contribution in [-0.4, -0.2) is 51.9 Å². The molecule has 1 aliphatic rings. The molecule has 6 nitrogen and oxygen atoms in total. The molecular formula is C19H20N4O2. The number of amides is 1. The molecule has 0 aliphatic carbocycles. The molecule has 1 aliphatic heterocycles. The van der Waals surface area contributed by atoms with E-state index >= 15 is 0 Å². The number of fused-ring (bicyclic) bond motifs is 1. The van der Waals surface area contributed by atoms with Gasteiger partial charge in [0.1, 0.15) is 0 Å². The first-order chi connectivity index (χ1) is 12.1. The van der Waals surface area contributed by atoms with Crippen molar-refractivity contribution >= 4 is 16.8 Å². The molecule has 2 aromatic heterocycles. The van der Waals surface area contributed by atoms with E-state index in [0.29, 0.717) is 31.9 Å². The third kappa shape index (κ3) is 3.00. The molecule has 4 rings (SSSR count). The molecule has 0 bridgehead atoms. The molecule has 0 unspecified atom stereocenters. The summed E-state index contributed by atoms with van der Waals surface area (Å²) < 4.78 is 7.11. The maximum Gasteiger partial charge on any atom is 0.254 e. The SMILES string of the molecule is Cc1cc(-c2cnn(C)c2)c2cc(C(=O)N3CCOCC3)ccc2n1. The van der Waals surface area contributed by atoms with Gasteiger partial charge in [-0.3, -0.25) is 14.5 Å². The predicted molar refractivity (Wildman–Crippen MR) is 95.4 cm³/mol. The van der Waals surface area contributed by atoms with E-state index in [1.54, 1.807) is 4.68 Å². The van der Waals surface area contributed by atoms with Crippen LogP contribution in [-0.2, 0) is 11.8 Å². The van der Waals surface area contributed by atoms with E-state index in [1.165, 1.54) is 0 Å². The summed E-state index contributed by atoms with van der Waals surface area (Å²) in [6.45, 7) is 4.45. The lowest BCUT2D eigenvalue weighted by Crippen LogP contribution is -2.40. The summed E-state index contributed by atoms with van der Waals surface area (Å²) in [7, 11) is 1.90. The van der Waals surface area contributed by atoms with Crippen LogP contribution < -0.4 is 0 Å². The number of aryl methyl sites for hydroxylation is 2. The van der Waals surface area contributed by atoms with Crippen molar-refractivity contribution in [3.8, 4) is 11.1 Å². The van der Waals surface area contributed by atoms with Crippen LogP contribution in [0.4, 0.5) is 0 Å². The van der Waals surface area contributed by atoms with Crippen LogP contribution in [0.15, 0.2) is 36.7 Å². The Balaban J connectivity index is 1.81. The highest BCUT2D eigenvalue weighted by Gasteiger charge is 2.19. The third-order valence-electron chi connectivity index (χ3n) is 4.50. The second kappa shape index (κ2) is 6.29. The number of hydrogen-bond donors (Lipinski definition) is 0. The van der Waals surface area contributed by atoms with E-state index in [2.05, 4.69) is 10.1 Å². The first kappa shape index (κ1) is 15.8. The molecule has 0 saturated carbocycles. The smallest absolute Gasteiger partial charge is 0.254 e. The Labute approximate surface area is 146 Å². The zero-order valence-electron chi connectivity index (χ0n) is 14.4. The van der Waals surface area contributed by atoms with Crippen LogP contribution in [0.5, 0.6) is 0 Å². The van der Waals surface area contributed by atoms with Crippen LogP contribution in [0.25, 0.3) is 22.0 Å². The lowest BCUT2D eigenvalue weighted by atomic mass is 10.0. The number of carbonyl (C=O) groups excluding carboxylic acids is 1. The monoisotopic (exact) mass is 336 g/mol. The van der Waals surface area contributed by atoms with Gasteiger partial charge < -0.3 is 9.64 Å². The Bertz CT molecular complexity index is 942. The highest BCUT2D eigenvalue weighted by atomic mass is 16.5. The second-order valence-corrected chi connectivity index (χ2v) is 6.35. The molecular weight excluding hydrogens is 316 g/mol. The van der Waals surface area contributed by atoms with Gasteiger partial charge in [-0.05, 0) is 36.8 Å². The van der Waals surface area contributed by atoms with Crippen molar-refractivity contribution in [1.82, 2.24) is 19.7 Å². The van der Waals surface area contributed by atoms with Crippen LogP contribution in [0.2, 0.25) is 0 Å². The van der Waals surface area contributed by atoms with E-state index in [0.717, 1.165) is 27.7 Å². The molecule has 1 aromatic carbocycles. The average Bonchev–Trinajstić information content (AvgIpc) is 3.07. The van der Waals surface area contributed by atoms with Gasteiger partial charge in [-0.2, -0.15) is 5.10 Å². The topological polar surface area (TPSA) is 60.2 Å². The Hall–Kier alpha value is -2.73. The number of benzene rings is 1. The molecule has 3 aromatic rings. The number of ether oxygens (including phenoxy) is 1. The van der Waals surface area contributed by atoms with Crippen LogP contribution >= 0.6 is 0 Å². The standard InChI is InChI=1S/C19H20N4O2/c1-13-9-16(15-11-20-22(2)12-15)17-10-14(3-4-18(17)21-13)19(24)23-5-7-25-8-6-23/h3-4,9-12H,5-8H2,1-2H3. The number of aromatic nitrogens is 3. The number of pyridine rings is 1. The zero-order valence-corrected chi connectivity index (χ0v) is 14.4. The number of morpholine rings is 1. The fraction of sp³-hybridized carbons (Fsp3) is 0.316. The molecule has 6 heteroatoms. The maximum atomic E-state index is 12.8. The van der Waals surface area contributed by atoms with Gasteiger partial charge in [0.15, 0.2) is 0 Å². The molecule has 3 heterocycles. The third-order valence-corrected chi connectivity index (χ3v) is 4.50. The van der Waals surface area contributed by atoms with E-state index < -0.39 is 0 Å². The normalized spacial score (nSPS) is 14.9. The molecule has 1 amide bonds. The van der Waals surface area contributed by atoms with Gasteiger partial charge in [0, 0.05) is 48.5 Å². The van der Waals surface area contributed by atoms with Crippen molar-refractivity contribution < 1.29 is 9.53 Å². The Kier molecular flexibility index (Phi) is 3.97. The number of hydrogen-bond acceptors (Lipinski definition) is 4. The van der Waals surface area contributed by atoms with Gasteiger partial charge in [-0.15, -0.1) is 0 Å². The minimum absolute atomic E-state index is 0.0444. The summed E-state index contributed by atoms with van der Waals surface area (Å²) in [5.74, 6) is 0.0444. The summed E-state index contributed by atoms with van der Waals surface area (Å²) in [5, 5.41) is 5.24. The molecule has 0 spiro atoms. The highest BCUT2D eigenvalue weighted by Crippen LogP contribution is 2.29. The van der Waals surface area contributed by atoms with Crippen molar-refractivity contribution in [2.45, 2.75) is 6.92 Å². The van der Waals surface area contributed by atoms with Gasteiger partial charge >= 0.3 is 0 Å². The Morgan fingerprint density at radius 1 is 1.20 bits per heavy atom. The summed E-state index contributed by atoms with van der Waals surface area (Å²) >= 11 is 0. The summed E-state index contributed by atoms with van der Waals surface area (Å²) in [5.41, 5.74) is 4.59. The predicted octanol–water partition coefficient (Wildman–Crippen LogP) is 2.42. The molecule has 128 valence electrons. The molecule has 0 atom stereocenters. The maximum absolute atomic E-state index is 12.8. The Morgan fingerprint density at radius 2 is 2.00 bits per heavy atom. The van der Waals surface area contributed by atoms with Gasteiger partial charge in [0.2, 0.25) is 0 Å². The van der Waals surface area contributed by atoms with E-state index in [9.17, 15) is 4.79 Å². The second-order valence-electron chi connectivity index (χ2n) is 6.35. The fourth-order valence-corrected chi connectivity index (χ4v) is 3.24. The lowest BCUT2D eigenvalue weighted by Gasteiger charge is -2.27. The Morgan fingerprint density at radius 3 is 2.72 bits per heavy atom. The summed E-state index contributed by atoms with van der Waals surface area (Å²) in [4.78, 5) is 19.2. The van der Waals surface area contributed by atoms with Gasteiger partial charge in [0.25, 0.3) is 5.91 Å². The number of nitrogens with zero attached hydrogens (tertiary/aromatic N) is 4. The summed E-state index contributed by atoms with van der Waals surface area (Å²) in [6, 6.07) is 7.78. The molecule has 25 heavy (non-hydrogen) atoms. The quantitative estimate of drug-likeness (QED) is 0.721. The number of carbonyl (C=O) groups is 1.